The lowest BCUT2D eigenvalue weighted by Gasteiger charge is -2.23. The maximum atomic E-state index is 13.5. The van der Waals surface area contributed by atoms with E-state index in [0.717, 1.165) is 56.6 Å². The van der Waals surface area contributed by atoms with E-state index in [4.69, 9.17) is 0 Å². The van der Waals surface area contributed by atoms with Gasteiger partial charge in [0.1, 0.15) is 0 Å². The highest BCUT2D eigenvalue weighted by molar-refractivity contribution is 7.92. The lowest BCUT2D eigenvalue weighted by molar-refractivity contribution is 0.599. The summed E-state index contributed by atoms with van der Waals surface area (Å²) < 4.78 is 29.9. The molecule has 0 unspecified atom stereocenters. The zero-order valence-electron chi connectivity index (χ0n) is 18.4. The summed E-state index contributed by atoms with van der Waals surface area (Å²) in [5, 5.41) is 0. The molecule has 0 amide bonds. The Hall–Kier alpha value is -1.81. The molecule has 0 aliphatic carbocycles. The van der Waals surface area contributed by atoms with Crippen LogP contribution in [0.2, 0.25) is 0 Å². The van der Waals surface area contributed by atoms with Crippen molar-refractivity contribution >= 4 is 15.7 Å². The average molecular weight is 388 g/mol. The first-order chi connectivity index (χ1) is 12.4. The number of nitrogens with one attached hydrogen (secondary N) is 1. The van der Waals surface area contributed by atoms with E-state index in [1.165, 1.54) is 11.1 Å². The van der Waals surface area contributed by atoms with E-state index >= 15 is 0 Å². The monoisotopic (exact) mass is 387 g/mol. The molecule has 2 rings (SSSR count). The lowest BCUT2D eigenvalue weighted by atomic mass is 9.91. The molecule has 2 aromatic rings. The van der Waals surface area contributed by atoms with E-state index in [-0.39, 0.29) is 0 Å². The molecule has 4 heteroatoms. The summed E-state index contributed by atoms with van der Waals surface area (Å²) in [7, 11) is -3.69. The Bertz CT molecular complexity index is 1000. The van der Waals surface area contributed by atoms with Gasteiger partial charge in [-0.3, -0.25) is 4.72 Å². The summed E-state index contributed by atoms with van der Waals surface area (Å²) >= 11 is 0. The molecule has 2 aromatic carbocycles. The van der Waals surface area contributed by atoms with Crippen molar-refractivity contribution in [2.75, 3.05) is 4.72 Å². The number of anilines is 1. The normalized spacial score (nSPS) is 11.8. The molecule has 0 aliphatic rings. The van der Waals surface area contributed by atoms with E-state index in [1.54, 1.807) is 0 Å². The van der Waals surface area contributed by atoms with Crippen LogP contribution in [-0.2, 0) is 16.4 Å². The molecule has 0 aliphatic heterocycles. The van der Waals surface area contributed by atoms with Gasteiger partial charge in [-0.15, -0.1) is 0 Å². The van der Waals surface area contributed by atoms with E-state index < -0.39 is 10.0 Å². The summed E-state index contributed by atoms with van der Waals surface area (Å²) in [6, 6.07) is 0. The lowest BCUT2D eigenvalue weighted by Crippen LogP contribution is -2.20. The van der Waals surface area contributed by atoms with Gasteiger partial charge in [-0.25, -0.2) is 8.42 Å². The van der Waals surface area contributed by atoms with Gasteiger partial charge in [0, 0.05) is 0 Å². The molecule has 0 radical (unpaired) electrons. The highest BCUT2D eigenvalue weighted by Crippen LogP contribution is 2.35. The Morgan fingerprint density at radius 1 is 0.593 bits per heavy atom. The van der Waals surface area contributed by atoms with Crippen LogP contribution in [0, 0.1) is 62.3 Å². The van der Waals surface area contributed by atoms with Crippen LogP contribution in [0.25, 0.3) is 0 Å². The second kappa shape index (κ2) is 7.31. The summed E-state index contributed by atoms with van der Waals surface area (Å²) in [5.41, 5.74) is 11.3. The third-order valence-corrected chi connectivity index (χ3v) is 8.23. The van der Waals surface area contributed by atoms with Crippen LogP contribution in [-0.4, -0.2) is 8.42 Å². The van der Waals surface area contributed by atoms with Crippen LogP contribution < -0.4 is 4.72 Å². The van der Waals surface area contributed by atoms with Crippen LogP contribution >= 0.6 is 0 Å². The van der Waals surface area contributed by atoms with Gasteiger partial charge in [-0.05, 0) is 124 Å². The van der Waals surface area contributed by atoms with Gasteiger partial charge >= 0.3 is 0 Å². The molecule has 0 fully saturated rings. The van der Waals surface area contributed by atoms with E-state index in [2.05, 4.69) is 39.3 Å². The van der Waals surface area contributed by atoms with Crippen molar-refractivity contribution in [3.63, 3.8) is 0 Å². The first-order valence-corrected chi connectivity index (χ1v) is 11.0. The molecule has 27 heavy (non-hydrogen) atoms. The fourth-order valence-corrected chi connectivity index (χ4v) is 5.78. The summed E-state index contributed by atoms with van der Waals surface area (Å²) in [6.45, 7) is 20.2. The quantitative estimate of drug-likeness (QED) is 0.718. The van der Waals surface area contributed by atoms with Gasteiger partial charge in [-0.1, -0.05) is 6.92 Å². The van der Waals surface area contributed by atoms with Gasteiger partial charge in [-0.2, -0.15) is 0 Å². The number of benzene rings is 2. The van der Waals surface area contributed by atoms with E-state index in [9.17, 15) is 8.42 Å². The maximum absolute atomic E-state index is 13.5. The molecule has 1 N–H and O–H groups in total. The summed E-state index contributed by atoms with van der Waals surface area (Å²) in [6.07, 6.45) is 0.787. The number of hydrogen-bond acceptors (Lipinski definition) is 2. The molecule has 148 valence electrons. The summed E-state index contributed by atoms with van der Waals surface area (Å²) in [4.78, 5) is 0.417. The molecule has 0 bridgehead atoms. The van der Waals surface area contributed by atoms with Crippen molar-refractivity contribution in [2.45, 2.75) is 80.6 Å². The van der Waals surface area contributed by atoms with Gasteiger partial charge in [0.2, 0.25) is 0 Å². The van der Waals surface area contributed by atoms with Crippen LogP contribution in [0.5, 0.6) is 0 Å². The Morgan fingerprint density at radius 3 is 1.41 bits per heavy atom. The number of sulfonamides is 1. The molecular formula is C23H33NO2S. The standard InChI is InChI=1S/C23H33NO2S/c1-11-21-17(7)13(3)14(4)18(8)22(21)24-27(25,26)23-19(9)15(5)12(2)16(6)20(23)10/h24H,11H2,1-10H3. The highest BCUT2D eigenvalue weighted by atomic mass is 32.2. The Morgan fingerprint density at radius 2 is 0.963 bits per heavy atom. The minimum Gasteiger partial charge on any atom is -0.279 e. The zero-order valence-corrected chi connectivity index (χ0v) is 19.2. The van der Waals surface area contributed by atoms with Crippen molar-refractivity contribution in [1.82, 2.24) is 0 Å². The summed E-state index contributed by atoms with van der Waals surface area (Å²) in [5.74, 6) is 0. The number of hydrogen-bond donors (Lipinski definition) is 1. The van der Waals surface area contributed by atoms with Crippen LogP contribution in [0.3, 0.4) is 0 Å². The largest absolute Gasteiger partial charge is 0.279 e. The van der Waals surface area contributed by atoms with E-state index in [0.29, 0.717) is 4.90 Å². The molecule has 3 nitrogen and oxygen atoms in total. The molecule has 0 saturated carbocycles. The Labute approximate surface area is 165 Å². The van der Waals surface area contributed by atoms with Crippen LogP contribution in [0.1, 0.15) is 62.6 Å². The smallest absolute Gasteiger partial charge is 0.262 e. The second-order valence-corrected chi connectivity index (χ2v) is 9.39. The highest BCUT2D eigenvalue weighted by Gasteiger charge is 2.26. The van der Waals surface area contributed by atoms with Crippen molar-refractivity contribution < 1.29 is 8.42 Å². The Balaban J connectivity index is 2.77. The molecule has 0 atom stereocenters. The predicted octanol–water partition coefficient (Wildman–Crippen LogP) is 5.83. The van der Waals surface area contributed by atoms with Gasteiger partial charge in [0.05, 0.1) is 10.6 Å². The minimum absolute atomic E-state index is 0.417. The third kappa shape index (κ3) is 3.40. The second-order valence-electron chi connectivity index (χ2n) is 7.77. The van der Waals surface area contributed by atoms with Crippen LogP contribution in [0.15, 0.2) is 4.90 Å². The first kappa shape index (κ1) is 21.5. The van der Waals surface area contributed by atoms with Crippen molar-refractivity contribution in [2.24, 2.45) is 0 Å². The number of rotatable bonds is 4. The molecule has 0 saturated heterocycles. The third-order valence-electron chi connectivity index (χ3n) is 6.61. The van der Waals surface area contributed by atoms with Crippen LogP contribution in [0.4, 0.5) is 5.69 Å². The SMILES string of the molecule is CCc1c(C)c(C)c(C)c(C)c1NS(=O)(=O)c1c(C)c(C)c(C)c(C)c1C. The van der Waals surface area contributed by atoms with Gasteiger partial charge in [0.25, 0.3) is 10.0 Å². The molecular weight excluding hydrogens is 354 g/mol. The fourth-order valence-electron chi connectivity index (χ4n) is 4.02. The molecule has 0 heterocycles. The van der Waals surface area contributed by atoms with E-state index in [1.807, 2.05) is 34.6 Å². The average Bonchev–Trinajstić information content (AvgIpc) is 2.61. The zero-order chi connectivity index (χ0) is 20.8. The van der Waals surface area contributed by atoms with Crippen molar-refractivity contribution in [3.8, 4) is 0 Å². The topological polar surface area (TPSA) is 46.2 Å². The fraction of sp³-hybridized carbons (Fsp3) is 0.478. The van der Waals surface area contributed by atoms with Crippen molar-refractivity contribution in [1.29, 1.82) is 0 Å². The molecule has 0 aromatic heterocycles. The van der Waals surface area contributed by atoms with Gasteiger partial charge < -0.3 is 0 Å². The maximum Gasteiger partial charge on any atom is 0.262 e. The predicted molar refractivity (Wildman–Crippen MR) is 116 cm³/mol. The van der Waals surface area contributed by atoms with Gasteiger partial charge in [0.15, 0.2) is 0 Å². The Kier molecular flexibility index (Phi) is 5.82. The first-order valence-electron chi connectivity index (χ1n) is 9.55. The van der Waals surface area contributed by atoms with Crippen molar-refractivity contribution in [3.05, 3.63) is 55.6 Å². The minimum atomic E-state index is -3.69. The molecule has 0 spiro atoms.